The number of rotatable bonds is 4. The van der Waals surface area contributed by atoms with Crippen molar-refractivity contribution in [2.75, 3.05) is 25.6 Å². The van der Waals surface area contributed by atoms with Crippen LogP contribution in [0.1, 0.15) is 12.7 Å². The van der Waals surface area contributed by atoms with E-state index in [2.05, 4.69) is 21.9 Å². The molecule has 1 unspecified atom stereocenters. The fourth-order valence-corrected chi connectivity index (χ4v) is 2.18. The van der Waals surface area contributed by atoms with Crippen LogP contribution in [-0.4, -0.2) is 51.3 Å². The lowest BCUT2D eigenvalue weighted by Crippen LogP contribution is -2.46. The normalized spacial score (nSPS) is 22.5. The van der Waals surface area contributed by atoms with Gasteiger partial charge in [0.2, 0.25) is 0 Å². The van der Waals surface area contributed by atoms with Gasteiger partial charge in [0, 0.05) is 25.0 Å². The third-order valence-electron chi connectivity index (χ3n) is 2.87. The summed E-state index contributed by atoms with van der Waals surface area (Å²) >= 11 is 5.92. The van der Waals surface area contributed by atoms with E-state index in [-0.39, 0.29) is 6.04 Å². The number of halogens is 1. The molecule has 0 saturated carbocycles. The molecule has 0 spiro atoms. The largest absolute Gasteiger partial charge is 0.378 e. The quantitative estimate of drug-likeness (QED) is 0.733. The molecule has 0 aromatic carbocycles. The number of hydrogen-bond donors (Lipinski definition) is 0. The highest BCUT2D eigenvalue weighted by Gasteiger charge is 2.23. The summed E-state index contributed by atoms with van der Waals surface area (Å²) in [6.45, 7) is 6.11. The Morgan fingerprint density at radius 3 is 3.25 bits per heavy atom. The number of hydrogen-bond acceptors (Lipinski definition) is 4. The smallest absolute Gasteiger partial charge is 0.141 e. The first-order chi connectivity index (χ1) is 7.85. The lowest BCUT2D eigenvalue weighted by atomic mass is 10.2. The maximum absolute atomic E-state index is 5.92. The van der Waals surface area contributed by atoms with Crippen LogP contribution < -0.4 is 0 Å². The number of morpholine rings is 1. The summed E-state index contributed by atoms with van der Waals surface area (Å²) in [6, 6.07) is 0.289. The molecular weight excluding hydrogens is 228 g/mol. The highest BCUT2D eigenvalue weighted by Crippen LogP contribution is 2.12. The van der Waals surface area contributed by atoms with Gasteiger partial charge in [-0.3, -0.25) is 4.90 Å². The lowest BCUT2D eigenvalue weighted by Gasteiger charge is -2.33. The minimum Gasteiger partial charge on any atom is -0.378 e. The number of alkyl halides is 1. The van der Waals surface area contributed by atoms with Crippen molar-refractivity contribution in [3.05, 3.63) is 12.2 Å². The molecular formula is C10H17ClN4O. The van der Waals surface area contributed by atoms with Gasteiger partial charge in [-0.25, -0.2) is 9.67 Å². The van der Waals surface area contributed by atoms with E-state index in [0.717, 1.165) is 32.1 Å². The fourth-order valence-electron chi connectivity index (χ4n) is 1.90. The standard InChI is InChI=1S/C10H17ClN4O/c1-2-15-10(12-8-13-15)6-14-3-4-16-7-9(14)5-11/h8-9H,2-7H2,1H3. The number of ether oxygens (including phenoxy) is 1. The van der Waals surface area contributed by atoms with E-state index in [9.17, 15) is 0 Å². The first-order valence-corrected chi connectivity index (χ1v) is 6.13. The van der Waals surface area contributed by atoms with Crippen LogP contribution in [0.2, 0.25) is 0 Å². The molecule has 0 radical (unpaired) electrons. The van der Waals surface area contributed by atoms with Gasteiger partial charge in [-0.1, -0.05) is 0 Å². The van der Waals surface area contributed by atoms with Gasteiger partial charge < -0.3 is 4.74 Å². The minimum absolute atomic E-state index is 0.289. The highest BCUT2D eigenvalue weighted by atomic mass is 35.5. The summed E-state index contributed by atoms with van der Waals surface area (Å²) < 4.78 is 7.33. The molecule has 0 N–H and O–H groups in total. The molecule has 0 amide bonds. The van der Waals surface area contributed by atoms with Crippen LogP contribution in [-0.2, 0) is 17.8 Å². The van der Waals surface area contributed by atoms with E-state index in [0.29, 0.717) is 12.5 Å². The van der Waals surface area contributed by atoms with Gasteiger partial charge in [0.1, 0.15) is 12.2 Å². The summed E-state index contributed by atoms with van der Waals surface area (Å²) in [6.07, 6.45) is 1.61. The predicted molar refractivity (Wildman–Crippen MR) is 61.4 cm³/mol. The zero-order valence-electron chi connectivity index (χ0n) is 9.47. The number of aryl methyl sites for hydroxylation is 1. The zero-order chi connectivity index (χ0) is 11.4. The fraction of sp³-hybridized carbons (Fsp3) is 0.800. The molecule has 0 bridgehead atoms. The predicted octanol–water partition coefficient (Wildman–Crippen LogP) is 0.738. The molecule has 0 aliphatic carbocycles. The molecule has 2 rings (SSSR count). The average Bonchev–Trinajstić information content (AvgIpc) is 2.77. The van der Waals surface area contributed by atoms with Gasteiger partial charge in [0.15, 0.2) is 0 Å². The highest BCUT2D eigenvalue weighted by molar-refractivity contribution is 6.18. The molecule has 1 aromatic rings. The molecule has 5 nitrogen and oxygen atoms in total. The van der Waals surface area contributed by atoms with Gasteiger partial charge in [-0.15, -0.1) is 11.6 Å². The van der Waals surface area contributed by atoms with Gasteiger partial charge in [-0.05, 0) is 6.92 Å². The van der Waals surface area contributed by atoms with Gasteiger partial charge in [0.25, 0.3) is 0 Å². The molecule has 1 atom stereocenters. The molecule has 1 aliphatic heterocycles. The molecule has 16 heavy (non-hydrogen) atoms. The second kappa shape index (κ2) is 5.61. The van der Waals surface area contributed by atoms with Crippen LogP contribution in [0.3, 0.4) is 0 Å². The summed E-state index contributed by atoms with van der Waals surface area (Å²) in [4.78, 5) is 6.59. The minimum atomic E-state index is 0.289. The van der Waals surface area contributed by atoms with E-state index in [4.69, 9.17) is 16.3 Å². The summed E-state index contributed by atoms with van der Waals surface area (Å²) in [5.41, 5.74) is 0. The molecule has 1 aromatic heterocycles. The van der Waals surface area contributed by atoms with Crippen LogP contribution in [0.5, 0.6) is 0 Å². The van der Waals surface area contributed by atoms with Gasteiger partial charge in [-0.2, -0.15) is 5.10 Å². The Kier molecular flexibility index (Phi) is 4.15. The third-order valence-corrected chi connectivity index (χ3v) is 3.22. The average molecular weight is 245 g/mol. The Labute approximate surface area is 100 Å². The molecule has 1 fully saturated rings. The van der Waals surface area contributed by atoms with Gasteiger partial charge in [0.05, 0.1) is 19.8 Å². The maximum atomic E-state index is 5.92. The van der Waals surface area contributed by atoms with Crippen molar-refractivity contribution in [2.24, 2.45) is 0 Å². The Hall–Kier alpha value is -0.650. The van der Waals surface area contributed by atoms with Crippen LogP contribution >= 0.6 is 11.6 Å². The first-order valence-electron chi connectivity index (χ1n) is 5.59. The summed E-state index contributed by atoms with van der Waals surface area (Å²) in [5, 5.41) is 4.17. The third kappa shape index (κ3) is 2.53. The molecule has 6 heteroatoms. The Morgan fingerprint density at radius 1 is 1.62 bits per heavy atom. The van der Waals surface area contributed by atoms with Crippen LogP contribution in [0.25, 0.3) is 0 Å². The Bertz CT molecular complexity index is 330. The Morgan fingerprint density at radius 2 is 2.50 bits per heavy atom. The van der Waals surface area contributed by atoms with Crippen molar-refractivity contribution >= 4 is 11.6 Å². The van der Waals surface area contributed by atoms with Crippen LogP contribution in [0, 0.1) is 0 Å². The molecule has 2 heterocycles. The SMILES string of the molecule is CCn1ncnc1CN1CCOCC1CCl. The van der Waals surface area contributed by atoms with Gasteiger partial charge >= 0.3 is 0 Å². The number of aromatic nitrogens is 3. The second-order valence-corrected chi connectivity index (χ2v) is 4.15. The van der Waals surface area contributed by atoms with Crippen LogP contribution in [0.4, 0.5) is 0 Å². The van der Waals surface area contributed by atoms with Crippen molar-refractivity contribution < 1.29 is 4.74 Å². The van der Waals surface area contributed by atoms with E-state index in [1.807, 2.05) is 4.68 Å². The second-order valence-electron chi connectivity index (χ2n) is 3.85. The van der Waals surface area contributed by atoms with E-state index in [1.165, 1.54) is 0 Å². The topological polar surface area (TPSA) is 43.2 Å². The van der Waals surface area contributed by atoms with Crippen molar-refractivity contribution in [1.29, 1.82) is 0 Å². The van der Waals surface area contributed by atoms with Crippen LogP contribution in [0.15, 0.2) is 6.33 Å². The van der Waals surface area contributed by atoms with Crippen molar-refractivity contribution in [3.8, 4) is 0 Å². The maximum Gasteiger partial charge on any atom is 0.141 e. The number of nitrogens with zero attached hydrogens (tertiary/aromatic N) is 4. The molecule has 90 valence electrons. The van der Waals surface area contributed by atoms with E-state index < -0.39 is 0 Å². The van der Waals surface area contributed by atoms with Crippen molar-refractivity contribution in [2.45, 2.75) is 26.1 Å². The van der Waals surface area contributed by atoms with E-state index >= 15 is 0 Å². The lowest BCUT2D eigenvalue weighted by molar-refractivity contribution is -0.00472. The monoisotopic (exact) mass is 244 g/mol. The van der Waals surface area contributed by atoms with Crippen molar-refractivity contribution in [3.63, 3.8) is 0 Å². The summed E-state index contributed by atoms with van der Waals surface area (Å²) in [5.74, 6) is 1.60. The Balaban J connectivity index is 2.02. The summed E-state index contributed by atoms with van der Waals surface area (Å²) in [7, 11) is 0. The zero-order valence-corrected chi connectivity index (χ0v) is 10.2. The van der Waals surface area contributed by atoms with E-state index in [1.54, 1.807) is 6.33 Å². The first kappa shape index (κ1) is 11.8. The van der Waals surface area contributed by atoms with Crippen molar-refractivity contribution in [1.82, 2.24) is 19.7 Å². The molecule has 1 aliphatic rings. The molecule has 1 saturated heterocycles.